The van der Waals surface area contributed by atoms with Gasteiger partial charge in [-0.25, -0.2) is 14.6 Å². The summed E-state index contributed by atoms with van der Waals surface area (Å²) >= 11 is 0. The van der Waals surface area contributed by atoms with Crippen molar-refractivity contribution in [3.63, 3.8) is 0 Å². The highest BCUT2D eigenvalue weighted by Crippen LogP contribution is 2.25. The highest BCUT2D eigenvalue weighted by atomic mass is 16.1. The van der Waals surface area contributed by atoms with Crippen molar-refractivity contribution in [3.8, 4) is 0 Å². The molecule has 1 saturated heterocycles. The molecule has 0 spiro atoms. The van der Waals surface area contributed by atoms with Crippen molar-refractivity contribution in [2.75, 3.05) is 18.0 Å². The van der Waals surface area contributed by atoms with Crippen LogP contribution in [0.1, 0.15) is 49.7 Å². The second-order valence-electron chi connectivity index (χ2n) is 7.54. The molecule has 2 aromatic heterocycles. The fourth-order valence-electron chi connectivity index (χ4n) is 3.67. The maximum Gasteiger partial charge on any atom is 0.267 e. The van der Waals surface area contributed by atoms with Gasteiger partial charge in [0.25, 0.3) is 5.56 Å². The minimum absolute atomic E-state index is 0.0447. The smallest absolute Gasteiger partial charge is 0.267 e. The third kappa shape index (κ3) is 3.30. The van der Waals surface area contributed by atoms with Crippen molar-refractivity contribution in [3.05, 3.63) is 45.8 Å². The minimum Gasteiger partial charge on any atom is -0.356 e. The summed E-state index contributed by atoms with van der Waals surface area (Å²) in [5.74, 6) is 2.65. The summed E-state index contributed by atoms with van der Waals surface area (Å²) in [5.41, 5.74) is 2.33. The zero-order chi connectivity index (χ0) is 17.4. The fourth-order valence-corrected chi connectivity index (χ4v) is 3.67. The highest BCUT2D eigenvalue weighted by molar-refractivity contribution is 5.41. The van der Waals surface area contributed by atoms with Gasteiger partial charge in [0.15, 0.2) is 0 Å². The van der Waals surface area contributed by atoms with Crippen LogP contribution in [0.4, 0.5) is 5.82 Å². The Bertz CT molecular complexity index is 823. The zero-order valence-electron chi connectivity index (χ0n) is 15.0. The van der Waals surface area contributed by atoms with Gasteiger partial charge in [0.1, 0.15) is 11.6 Å². The van der Waals surface area contributed by atoms with Gasteiger partial charge in [0.05, 0.1) is 12.2 Å². The number of aryl methyl sites for hydroxylation is 2. The van der Waals surface area contributed by atoms with Crippen LogP contribution in [0.5, 0.6) is 0 Å². The third-order valence-corrected chi connectivity index (χ3v) is 5.16. The van der Waals surface area contributed by atoms with Crippen molar-refractivity contribution in [2.24, 2.45) is 5.92 Å². The molecule has 2 aromatic rings. The molecule has 0 bridgehead atoms. The number of rotatable bonds is 4. The van der Waals surface area contributed by atoms with Crippen LogP contribution in [-0.4, -0.2) is 32.8 Å². The molecule has 0 N–H and O–H groups in total. The average Bonchev–Trinajstić information content (AvgIpc) is 2.58. The molecule has 1 aliphatic heterocycles. The molecule has 1 aliphatic carbocycles. The summed E-state index contributed by atoms with van der Waals surface area (Å²) in [7, 11) is 0. The van der Waals surface area contributed by atoms with Gasteiger partial charge in [-0.2, -0.15) is 5.10 Å². The van der Waals surface area contributed by atoms with E-state index in [1.54, 1.807) is 10.7 Å². The van der Waals surface area contributed by atoms with Gasteiger partial charge >= 0.3 is 0 Å². The van der Waals surface area contributed by atoms with E-state index in [0.717, 1.165) is 48.8 Å². The predicted octanol–water partition coefficient (Wildman–Crippen LogP) is 2.17. The molecule has 25 heavy (non-hydrogen) atoms. The van der Waals surface area contributed by atoms with E-state index >= 15 is 0 Å². The lowest BCUT2D eigenvalue weighted by atomic mass is 9.96. The van der Waals surface area contributed by atoms with Crippen LogP contribution < -0.4 is 10.5 Å². The lowest BCUT2D eigenvalue weighted by molar-refractivity contribution is 0.329. The highest BCUT2D eigenvalue weighted by Gasteiger charge is 2.29. The van der Waals surface area contributed by atoms with Crippen molar-refractivity contribution >= 4 is 5.82 Å². The molecular weight excluding hydrogens is 314 g/mol. The van der Waals surface area contributed by atoms with Crippen LogP contribution in [0.3, 0.4) is 0 Å². The maximum atomic E-state index is 12.3. The van der Waals surface area contributed by atoms with Gasteiger partial charge < -0.3 is 4.90 Å². The molecule has 0 radical (unpaired) electrons. The Morgan fingerprint density at radius 1 is 1.24 bits per heavy atom. The first kappa shape index (κ1) is 16.2. The molecule has 0 unspecified atom stereocenters. The van der Waals surface area contributed by atoms with E-state index in [-0.39, 0.29) is 5.56 Å². The average molecular weight is 339 g/mol. The Kier molecular flexibility index (Phi) is 4.27. The van der Waals surface area contributed by atoms with E-state index in [1.165, 1.54) is 12.8 Å². The SMILES string of the molecule is CC(C)c1nccc(N2CC(Cn3nc4c(cc3=O)CCCC4)C2)n1. The standard InChI is InChI=1S/C19H25N5O/c1-13(2)19-20-8-7-17(21-19)23-10-14(11-23)12-24-18(25)9-15-5-3-4-6-16(15)22-24/h7-9,13-14H,3-6,10-12H2,1-2H3. The summed E-state index contributed by atoms with van der Waals surface area (Å²) in [6.45, 7) is 6.74. The molecule has 0 saturated carbocycles. The Labute approximate surface area is 147 Å². The van der Waals surface area contributed by atoms with E-state index in [9.17, 15) is 4.79 Å². The van der Waals surface area contributed by atoms with Crippen LogP contribution in [-0.2, 0) is 19.4 Å². The molecule has 6 nitrogen and oxygen atoms in total. The van der Waals surface area contributed by atoms with E-state index in [2.05, 4.69) is 33.8 Å². The van der Waals surface area contributed by atoms with Gasteiger partial charge in [0, 0.05) is 37.2 Å². The molecule has 0 amide bonds. The third-order valence-electron chi connectivity index (χ3n) is 5.16. The normalized spacial score (nSPS) is 17.5. The van der Waals surface area contributed by atoms with Crippen LogP contribution in [0, 0.1) is 5.92 Å². The molecule has 3 heterocycles. The lowest BCUT2D eigenvalue weighted by Gasteiger charge is -2.40. The second-order valence-corrected chi connectivity index (χ2v) is 7.54. The predicted molar refractivity (Wildman–Crippen MR) is 97.0 cm³/mol. The Balaban J connectivity index is 1.42. The first-order chi connectivity index (χ1) is 12.1. The van der Waals surface area contributed by atoms with E-state index in [1.807, 2.05) is 12.3 Å². The largest absolute Gasteiger partial charge is 0.356 e. The Hall–Kier alpha value is -2.24. The number of nitrogens with zero attached hydrogens (tertiary/aromatic N) is 5. The van der Waals surface area contributed by atoms with E-state index < -0.39 is 0 Å². The van der Waals surface area contributed by atoms with Gasteiger partial charge in [0.2, 0.25) is 0 Å². The van der Waals surface area contributed by atoms with Crippen molar-refractivity contribution in [1.82, 2.24) is 19.7 Å². The van der Waals surface area contributed by atoms with Gasteiger partial charge in [-0.1, -0.05) is 13.8 Å². The van der Waals surface area contributed by atoms with E-state index in [0.29, 0.717) is 18.4 Å². The molecule has 6 heteroatoms. The molecule has 132 valence electrons. The topological polar surface area (TPSA) is 63.9 Å². The summed E-state index contributed by atoms with van der Waals surface area (Å²) in [6.07, 6.45) is 6.20. The summed E-state index contributed by atoms with van der Waals surface area (Å²) in [6, 6.07) is 3.77. The second kappa shape index (κ2) is 6.58. The lowest BCUT2D eigenvalue weighted by Crippen LogP contribution is -2.50. The van der Waals surface area contributed by atoms with Crippen molar-refractivity contribution < 1.29 is 0 Å². The first-order valence-electron chi connectivity index (χ1n) is 9.28. The number of anilines is 1. The van der Waals surface area contributed by atoms with Gasteiger partial charge in [-0.15, -0.1) is 0 Å². The van der Waals surface area contributed by atoms with Crippen LogP contribution in [0.25, 0.3) is 0 Å². The Morgan fingerprint density at radius 2 is 2.04 bits per heavy atom. The van der Waals surface area contributed by atoms with Crippen LogP contribution >= 0.6 is 0 Å². The van der Waals surface area contributed by atoms with Crippen LogP contribution in [0.2, 0.25) is 0 Å². The van der Waals surface area contributed by atoms with Gasteiger partial charge in [-0.3, -0.25) is 4.79 Å². The molecular formula is C19H25N5O. The number of fused-ring (bicyclic) bond motifs is 1. The maximum absolute atomic E-state index is 12.3. The first-order valence-corrected chi connectivity index (χ1v) is 9.28. The molecule has 2 aliphatic rings. The van der Waals surface area contributed by atoms with Crippen LogP contribution in [0.15, 0.2) is 23.1 Å². The summed E-state index contributed by atoms with van der Waals surface area (Å²) < 4.78 is 1.67. The monoisotopic (exact) mass is 339 g/mol. The van der Waals surface area contributed by atoms with Crippen molar-refractivity contribution in [2.45, 2.75) is 52.0 Å². The van der Waals surface area contributed by atoms with Crippen molar-refractivity contribution in [1.29, 1.82) is 0 Å². The fraction of sp³-hybridized carbons (Fsp3) is 0.579. The number of hydrogen-bond acceptors (Lipinski definition) is 5. The minimum atomic E-state index is 0.0447. The summed E-state index contributed by atoms with van der Waals surface area (Å²) in [4.78, 5) is 23.5. The zero-order valence-corrected chi connectivity index (χ0v) is 15.0. The van der Waals surface area contributed by atoms with Gasteiger partial charge in [-0.05, 0) is 37.3 Å². The van der Waals surface area contributed by atoms with E-state index in [4.69, 9.17) is 0 Å². The summed E-state index contributed by atoms with van der Waals surface area (Å²) in [5, 5.41) is 4.63. The Morgan fingerprint density at radius 3 is 2.84 bits per heavy atom. The molecule has 4 rings (SSSR count). The molecule has 1 fully saturated rings. The number of aromatic nitrogens is 4. The quantitative estimate of drug-likeness (QED) is 0.854. The number of hydrogen-bond donors (Lipinski definition) is 0. The molecule has 0 atom stereocenters. The molecule has 0 aromatic carbocycles.